The van der Waals surface area contributed by atoms with Crippen molar-refractivity contribution in [2.24, 2.45) is 17.6 Å². The number of urea groups is 1. The van der Waals surface area contributed by atoms with Gasteiger partial charge < -0.3 is 46.1 Å². The molecule has 76 heavy (non-hydrogen) atoms. The van der Waals surface area contributed by atoms with Gasteiger partial charge in [-0.1, -0.05) is 46.2 Å². The zero-order chi connectivity index (χ0) is 54.7. The first-order valence-electron chi connectivity index (χ1n) is 26.0. The maximum atomic E-state index is 15.4. The van der Waals surface area contributed by atoms with Gasteiger partial charge in [0.15, 0.2) is 5.60 Å². The van der Waals surface area contributed by atoms with Gasteiger partial charge in [-0.05, 0) is 104 Å². The number of pyridine rings is 2. The number of fused-ring (bicyclic) bond motifs is 5. The van der Waals surface area contributed by atoms with E-state index >= 15 is 4.39 Å². The number of nitrogens with zero attached hydrogens (tertiary/aromatic N) is 3. The number of nitrogens with two attached hydrogens (primary N) is 1. The predicted octanol–water partition coefficient (Wildman–Crippen LogP) is 4.66. The van der Waals surface area contributed by atoms with Gasteiger partial charge in [-0.2, -0.15) is 0 Å². The van der Waals surface area contributed by atoms with E-state index in [9.17, 15) is 48.3 Å². The van der Waals surface area contributed by atoms with Crippen LogP contribution in [0.25, 0.3) is 22.3 Å². The molecule has 1 aliphatic carbocycles. The number of aliphatic hydroxyl groups is 1. The Labute approximate surface area is 438 Å². The fraction of sp³-hybridized carbons (Fsp3) is 0.491. The van der Waals surface area contributed by atoms with E-state index in [0.717, 1.165) is 16.5 Å². The van der Waals surface area contributed by atoms with Crippen molar-refractivity contribution in [2.45, 2.75) is 149 Å². The van der Waals surface area contributed by atoms with Crippen molar-refractivity contribution >= 4 is 64.1 Å². The summed E-state index contributed by atoms with van der Waals surface area (Å²) >= 11 is 0. The Balaban J connectivity index is 0.897. The number of amides is 7. The molecule has 2 aromatic heterocycles. The second kappa shape index (κ2) is 22.7. The molecule has 5 atom stereocenters. The first-order valence-corrected chi connectivity index (χ1v) is 26.0. The topological polar surface area (TPSA) is 288 Å². The number of hydrogen-bond donors (Lipinski definition) is 6. The van der Waals surface area contributed by atoms with Gasteiger partial charge in [-0.3, -0.25) is 38.5 Å². The third-order valence-electron chi connectivity index (χ3n) is 15.2. The van der Waals surface area contributed by atoms with Crippen molar-refractivity contribution < 1.29 is 57.3 Å². The number of nitrogens with one attached hydrogen (secondary N) is 4. The molecule has 1 saturated heterocycles. The van der Waals surface area contributed by atoms with Crippen LogP contribution in [0, 0.1) is 24.6 Å². The van der Waals surface area contributed by atoms with Crippen LogP contribution < -0.4 is 32.6 Å². The largest absolute Gasteiger partial charge is 0.461 e. The van der Waals surface area contributed by atoms with E-state index in [1.165, 1.54) is 15.5 Å². The van der Waals surface area contributed by atoms with E-state index in [2.05, 4.69) is 21.3 Å². The molecule has 7 amide bonds. The van der Waals surface area contributed by atoms with Crippen LogP contribution in [-0.2, 0) is 74.8 Å². The van der Waals surface area contributed by atoms with Crippen molar-refractivity contribution in [3.05, 3.63) is 91.5 Å². The molecular weight excluding hydrogens is 984 g/mol. The molecule has 4 aromatic rings. The Morgan fingerprint density at radius 3 is 2.42 bits per heavy atom. The monoisotopic (exact) mass is 1050 g/mol. The van der Waals surface area contributed by atoms with E-state index in [1.807, 2.05) is 0 Å². The number of anilines is 1. The van der Waals surface area contributed by atoms with Crippen LogP contribution in [-0.4, -0.2) is 92.2 Å². The van der Waals surface area contributed by atoms with Gasteiger partial charge >= 0.3 is 18.0 Å². The molecule has 3 aliphatic heterocycles. The minimum Gasteiger partial charge on any atom is -0.461 e. The summed E-state index contributed by atoms with van der Waals surface area (Å²) in [6.45, 7) is 8.70. The number of carbonyl (C=O) groups is 8. The fourth-order valence-electron chi connectivity index (χ4n) is 10.8. The average molecular weight is 1050 g/mol. The lowest BCUT2D eigenvalue weighted by atomic mass is 9.77. The summed E-state index contributed by atoms with van der Waals surface area (Å²) in [6.07, 6.45) is 3.20. The molecule has 21 heteroatoms. The van der Waals surface area contributed by atoms with Gasteiger partial charge in [0.25, 0.3) is 5.56 Å². The molecule has 7 N–H and O–H groups in total. The minimum absolute atomic E-state index is 0.0312. The predicted molar refractivity (Wildman–Crippen MR) is 274 cm³/mol. The van der Waals surface area contributed by atoms with Crippen LogP contribution in [0.2, 0.25) is 0 Å². The van der Waals surface area contributed by atoms with Crippen LogP contribution >= 0.6 is 0 Å². The van der Waals surface area contributed by atoms with Gasteiger partial charge in [0.1, 0.15) is 31.1 Å². The lowest BCUT2D eigenvalue weighted by Gasteiger charge is -2.31. The summed E-state index contributed by atoms with van der Waals surface area (Å²) in [4.78, 5) is 123. The van der Waals surface area contributed by atoms with Gasteiger partial charge in [0.05, 0.1) is 35.4 Å². The Morgan fingerprint density at radius 2 is 1.74 bits per heavy atom. The molecule has 0 bridgehead atoms. The summed E-state index contributed by atoms with van der Waals surface area (Å²) in [5.74, 6) is -4.74. The number of hydrogen-bond acceptors (Lipinski definition) is 13. The number of carbonyl (C=O) groups excluding carboxylic acids is 8. The quantitative estimate of drug-likeness (QED) is 0.0332. The van der Waals surface area contributed by atoms with E-state index in [-0.39, 0.29) is 111 Å². The van der Waals surface area contributed by atoms with Gasteiger partial charge in [-0.15, -0.1) is 0 Å². The Bertz CT molecular complexity index is 3080. The highest BCUT2D eigenvalue weighted by atomic mass is 19.1. The Hall–Kier alpha value is -7.55. The fourth-order valence-corrected chi connectivity index (χ4v) is 10.8. The third kappa shape index (κ3) is 11.2. The second-order valence-corrected chi connectivity index (χ2v) is 20.7. The molecule has 404 valence electrons. The van der Waals surface area contributed by atoms with Crippen LogP contribution in [0.3, 0.4) is 0 Å². The number of primary amides is 1. The lowest BCUT2D eigenvalue weighted by Crippen LogP contribution is -2.54. The Kier molecular flexibility index (Phi) is 16.4. The summed E-state index contributed by atoms with van der Waals surface area (Å²) in [5, 5.41) is 23.0. The van der Waals surface area contributed by atoms with Gasteiger partial charge in [-0.25, -0.2) is 19.0 Å². The first kappa shape index (κ1) is 54.7. The number of benzene rings is 2. The summed E-state index contributed by atoms with van der Waals surface area (Å²) in [6, 6.07) is 6.72. The number of aryl methyl sites for hydroxylation is 1. The number of unbranched alkanes of at least 4 members (excludes halogenated alkanes) is 2. The number of ether oxygens (including phenoxy) is 2. The molecule has 4 aliphatic rings. The number of rotatable bonds is 21. The number of halogens is 1. The van der Waals surface area contributed by atoms with Crippen LogP contribution in [0.4, 0.5) is 14.9 Å². The molecule has 8 rings (SSSR count). The SMILES string of the molecule is CC[C@@]1(O)C(=O)OCc2c1cc1n(c2=O)Cc2c-1nc1cc(F)c(C)c3c1c2[C@@H](CC(=O)OCc1ccc(NC(=O)[C@H](CCCNC(N)=O)NC(=O)[C@@H](NC(=O)CCCCCN2C(=O)CC(C)C2=O)C(C)C)cc1)CC3. The van der Waals surface area contributed by atoms with Crippen LogP contribution in [0.5, 0.6) is 0 Å². The van der Waals surface area contributed by atoms with Crippen molar-refractivity contribution in [3.63, 3.8) is 0 Å². The van der Waals surface area contributed by atoms with Gasteiger partial charge in [0.2, 0.25) is 29.5 Å². The second-order valence-electron chi connectivity index (χ2n) is 20.7. The smallest absolute Gasteiger partial charge is 0.343 e. The highest BCUT2D eigenvalue weighted by molar-refractivity contribution is 6.03. The number of aromatic nitrogens is 2. The molecule has 0 radical (unpaired) electrons. The van der Waals surface area contributed by atoms with Crippen molar-refractivity contribution in [3.8, 4) is 11.4 Å². The molecular formula is C55H65FN8O12. The molecule has 20 nitrogen and oxygen atoms in total. The van der Waals surface area contributed by atoms with E-state index in [0.29, 0.717) is 77.9 Å². The summed E-state index contributed by atoms with van der Waals surface area (Å²) in [7, 11) is 0. The lowest BCUT2D eigenvalue weighted by molar-refractivity contribution is -0.172. The molecule has 2 aromatic carbocycles. The van der Waals surface area contributed by atoms with Crippen LogP contribution in [0.1, 0.15) is 137 Å². The maximum absolute atomic E-state index is 15.4. The summed E-state index contributed by atoms with van der Waals surface area (Å²) in [5.41, 5.74) is 7.92. The normalized spacial score (nSPS) is 19.1. The Morgan fingerprint density at radius 1 is 0.987 bits per heavy atom. The maximum Gasteiger partial charge on any atom is 0.343 e. The third-order valence-corrected chi connectivity index (χ3v) is 15.2. The molecule has 0 saturated carbocycles. The van der Waals surface area contributed by atoms with Gasteiger partial charge in [0, 0.05) is 60.1 Å². The number of esters is 2. The average Bonchev–Trinajstić information content (AvgIpc) is 3.91. The highest BCUT2D eigenvalue weighted by Crippen LogP contribution is 2.47. The van der Waals surface area contributed by atoms with Crippen molar-refractivity contribution in [1.82, 2.24) is 30.4 Å². The van der Waals surface area contributed by atoms with E-state index in [1.54, 1.807) is 65.0 Å². The minimum atomic E-state index is -2.03. The first-order chi connectivity index (χ1) is 36.2. The zero-order valence-corrected chi connectivity index (χ0v) is 43.4. The van der Waals surface area contributed by atoms with Crippen molar-refractivity contribution in [2.75, 3.05) is 18.4 Å². The van der Waals surface area contributed by atoms with Crippen molar-refractivity contribution in [1.29, 1.82) is 0 Å². The molecule has 0 spiro atoms. The van der Waals surface area contributed by atoms with E-state index < -0.39 is 58.8 Å². The molecule has 1 fully saturated rings. The zero-order valence-electron chi connectivity index (χ0n) is 43.4. The highest BCUT2D eigenvalue weighted by Gasteiger charge is 2.46. The van der Waals surface area contributed by atoms with Crippen LogP contribution in [0.15, 0.2) is 41.2 Å². The summed E-state index contributed by atoms with van der Waals surface area (Å²) < 4.78 is 28.0. The standard InChI is InChI=1S/C55H65FN8O12/c1-6-55(74)37-23-41-48-35(25-64(41)52(71)36(37)27-76-53(55)72)45-32(15-18-34-30(5)38(56)24-40(60-48)46(34)45)22-44(67)75-26-31-13-16-33(17-14-31)59-49(68)39(11-10-19-58-54(57)73)61-50(69)47(28(2)3)62-42(65)12-8-7-9-20-63-43(66)21-29(4)51(63)70/h13-14,16-17,23-24,28-29,32,39,47,74H,6-12,15,18-22,25-27H2,1-5H3,(H,59,68)(H,61,69)(H,62,65)(H3,57,58,73)/t29?,32-,39+,47+,55+/m1/s1. The number of likely N-dealkylation sites (tertiary alicyclic amines) is 1. The molecule has 1 unspecified atom stereocenters. The number of imide groups is 1. The molecule has 5 heterocycles. The van der Waals surface area contributed by atoms with E-state index in [4.69, 9.17) is 20.2 Å². The number of cyclic esters (lactones) is 1.